The monoisotopic (exact) mass is 419 g/mol. The highest BCUT2D eigenvalue weighted by Gasteiger charge is 2.30. The molecule has 162 valence electrons. The van der Waals surface area contributed by atoms with Gasteiger partial charge in [-0.3, -0.25) is 4.40 Å². The van der Waals surface area contributed by atoms with Gasteiger partial charge >= 0.3 is 6.03 Å². The first-order chi connectivity index (χ1) is 15.2. The Balaban J connectivity index is 1.33. The van der Waals surface area contributed by atoms with Crippen LogP contribution in [0.1, 0.15) is 25.7 Å². The van der Waals surface area contributed by atoms with Crippen molar-refractivity contribution in [2.24, 2.45) is 0 Å². The molecule has 2 saturated heterocycles. The summed E-state index contributed by atoms with van der Waals surface area (Å²) in [6.07, 6.45) is 10.2. The first-order valence-corrected chi connectivity index (χ1v) is 11.1. The summed E-state index contributed by atoms with van der Waals surface area (Å²) in [5.41, 5.74) is 3.52. The van der Waals surface area contributed by atoms with Gasteiger partial charge in [-0.1, -0.05) is 12.1 Å². The van der Waals surface area contributed by atoms with Crippen LogP contribution in [0.2, 0.25) is 0 Å². The fraction of sp³-hybridized carbons (Fsp3) is 0.435. The summed E-state index contributed by atoms with van der Waals surface area (Å²) in [6, 6.07) is 8.26. The average Bonchev–Trinajstić information content (AvgIpc) is 3.55. The van der Waals surface area contributed by atoms with Crippen molar-refractivity contribution in [3.8, 4) is 11.3 Å². The number of rotatable bonds is 5. The molecule has 0 bridgehead atoms. The van der Waals surface area contributed by atoms with E-state index in [1.807, 2.05) is 53.0 Å². The molecule has 2 aromatic heterocycles. The molecule has 0 aliphatic carbocycles. The van der Waals surface area contributed by atoms with Crippen LogP contribution in [-0.2, 0) is 0 Å². The molecule has 0 radical (unpaired) electrons. The van der Waals surface area contributed by atoms with E-state index in [-0.39, 0.29) is 6.03 Å². The van der Waals surface area contributed by atoms with Crippen LogP contribution in [0.4, 0.5) is 16.3 Å². The molecule has 0 saturated carbocycles. The van der Waals surface area contributed by atoms with Crippen LogP contribution in [0.5, 0.6) is 0 Å². The minimum Gasteiger partial charge on any atom is -0.370 e. The summed E-state index contributed by atoms with van der Waals surface area (Å²) in [5, 5.41) is 6.20. The van der Waals surface area contributed by atoms with Crippen molar-refractivity contribution < 1.29 is 4.79 Å². The predicted octanol–water partition coefficient (Wildman–Crippen LogP) is 3.53. The van der Waals surface area contributed by atoms with Gasteiger partial charge in [-0.05, 0) is 50.9 Å². The second kappa shape index (κ2) is 8.55. The van der Waals surface area contributed by atoms with E-state index in [1.165, 1.54) is 12.8 Å². The van der Waals surface area contributed by atoms with E-state index in [2.05, 4.69) is 25.5 Å². The molecule has 2 N–H and O–H groups in total. The van der Waals surface area contributed by atoms with E-state index >= 15 is 0 Å². The number of nitrogens with one attached hydrogen (secondary N) is 2. The molecule has 0 spiro atoms. The van der Waals surface area contributed by atoms with E-state index in [9.17, 15) is 4.79 Å². The van der Waals surface area contributed by atoms with Gasteiger partial charge in [-0.15, -0.1) is 0 Å². The number of amides is 2. The second-order valence-corrected chi connectivity index (χ2v) is 8.37. The van der Waals surface area contributed by atoms with Crippen molar-refractivity contribution in [1.29, 1.82) is 0 Å². The number of carbonyl (C=O) groups is 1. The lowest BCUT2D eigenvalue weighted by atomic mass is 10.1. The topological polar surface area (TPSA) is 77.8 Å². The summed E-state index contributed by atoms with van der Waals surface area (Å²) in [6.45, 7) is 4.16. The lowest BCUT2D eigenvalue weighted by Gasteiger charge is -2.28. The molecule has 8 nitrogen and oxygen atoms in total. The standard InChI is InChI=1S/C23H29N7O/c1-24-21-22-26-15-20(30(22)13-9-25-21)17-6-4-7-18(14-17)27-23(31)29-12-5-8-19(29)16-28-10-2-3-11-28/h4,6-7,9,13-15,19H,2-3,5,8,10-12,16H2,1H3,(H,24,25)(H,27,31)/t19-/m1/s1. The minimum atomic E-state index is -0.00124. The molecule has 2 aliphatic heterocycles. The van der Waals surface area contributed by atoms with Gasteiger partial charge < -0.3 is 20.4 Å². The molecule has 2 fully saturated rings. The van der Waals surface area contributed by atoms with E-state index in [0.29, 0.717) is 6.04 Å². The van der Waals surface area contributed by atoms with Crippen LogP contribution in [0, 0.1) is 0 Å². The molecule has 3 aromatic rings. The number of anilines is 2. The molecule has 4 heterocycles. The van der Waals surface area contributed by atoms with E-state index in [4.69, 9.17) is 0 Å². The number of fused-ring (bicyclic) bond motifs is 1. The number of aromatic nitrogens is 3. The number of carbonyl (C=O) groups excluding carboxylic acids is 1. The lowest BCUT2D eigenvalue weighted by molar-refractivity contribution is 0.186. The largest absolute Gasteiger partial charge is 0.370 e. The Hall–Kier alpha value is -3.13. The first kappa shape index (κ1) is 19.8. The van der Waals surface area contributed by atoms with Gasteiger partial charge in [-0.25, -0.2) is 14.8 Å². The molecule has 1 aromatic carbocycles. The van der Waals surface area contributed by atoms with E-state index in [0.717, 1.165) is 67.4 Å². The molecule has 0 unspecified atom stereocenters. The van der Waals surface area contributed by atoms with Gasteiger partial charge in [0.25, 0.3) is 0 Å². The molecule has 1 atom stereocenters. The highest BCUT2D eigenvalue weighted by Crippen LogP contribution is 2.26. The van der Waals surface area contributed by atoms with Crippen molar-refractivity contribution in [3.63, 3.8) is 0 Å². The molecular formula is C23H29N7O. The van der Waals surface area contributed by atoms with Crippen molar-refractivity contribution in [2.45, 2.75) is 31.7 Å². The molecule has 31 heavy (non-hydrogen) atoms. The van der Waals surface area contributed by atoms with Crippen molar-refractivity contribution in [1.82, 2.24) is 24.2 Å². The average molecular weight is 420 g/mol. The summed E-state index contributed by atoms with van der Waals surface area (Å²) < 4.78 is 2.01. The smallest absolute Gasteiger partial charge is 0.322 e. The maximum absolute atomic E-state index is 13.1. The van der Waals surface area contributed by atoms with Crippen molar-refractivity contribution >= 4 is 23.2 Å². The normalized spacial score (nSPS) is 19.3. The van der Waals surface area contributed by atoms with Crippen LogP contribution < -0.4 is 10.6 Å². The number of hydrogen-bond donors (Lipinski definition) is 2. The molecule has 2 amide bonds. The number of urea groups is 1. The van der Waals surface area contributed by atoms with E-state index < -0.39 is 0 Å². The number of nitrogens with zero attached hydrogens (tertiary/aromatic N) is 5. The third-order valence-corrected chi connectivity index (χ3v) is 6.38. The Morgan fingerprint density at radius 2 is 2.03 bits per heavy atom. The third-order valence-electron chi connectivity index (χ3n) is 6.38. The zero-order chi connectivity index (χ0) is 21.2. The maximum atomic E-state index is 13.1. The summed E-state index contributed by atoms with van der Waals surface area (Å²) in [4.78, 5) is 26.4. The Morgan fingerprint density at radius 3 is 2.87 bits per heavy atom. The summed E-state index contributed by atoms with van der Waals surface area (Å²) >= 11 is 0. The Labute approximate surface area is 182 Å². The minimum absolute atomic E-state index is 0.00124. The third kappa shape index (κ3) is 3.95. The Bertz CT molecular complexity index is 1070. The SMILES string of the molecule is CNc1nccn2c(-c3cccc(NC(=O)N4CCC[C@@H]4CN4CCCC4)c3)cnc12. The van der Waals surface area contributed by atoms with Crippen LogP contribution in [0.3, 0.4) is 0 Å². The highest BCUT2D eigenvalue weighted by molar-refractivity contribution is 5.90. The predicted molar refractivity (Wildman–Crippen MR) is 122 cm³/mol. The molecular weight excluding hydrogens is 390 g/mol. The van der Waals surface area contributed by atoms with Crippen LogP contribution >= 0.6 is 0 Å². The van der Waals surface area contributed by atoms with Gasteiger partial charge in [0.05, 0.1) is 11.9 Å². The molecule has 2 aliphatic rings. The van der Waals surface area contributed by atoms with Gasteiger partial charge in [0.15, 0.2) is 11.5 Å². The lowest BCUT2D eigenvalue weighted by Crippen LogP contribution is -2.44. The van der Waals surface area contributed by atoms with Gasteiger partial charge in [-0.2, -0.15) is 0 Å². The van der Waals surface area contributed by atoms with Gasteiger partial charge in [0.2, 0.25) is 0 Å². The molecule has 5 rings (SSSR count). The number of likely N-dealkylation sites (tertiary alicyclic amines) is 2. The zero-order valence-corrected chi connectivity index (χ0v) is 17.9. The van der Waals surface area contributed by atoms with E-state index in [1.54, 1.807) is 6.20 Å². The maximum Gasteiger partial charge on any atom is 0.322 e. The number of benzene rings is 1. The van der Waals surface area contributed by atoms with Crippen LogP contribution in [-0.4, -0.2) is 69.5 Å². The fourth-order valence-corrected chi connectivity index (χ4v) is 4.82. The number of imidazole rings is 1. The Morgan fingerprint density at radius 1 is 1.16 bits per heavy atom. The summed E-state index contributed by atoms with van der Waals surface area (Å²) in [5.74, 6) is 0.733. The van der Waals surface area contributed by atoms with Gasteiger partial charge in [0, 0.05) is 49.8 Å². The van der Waals surface area contributed by atoms with Crippen molar-refractivity contribution in [2.75, 3.05) is 43.9 Å². The van der Waals surface area contributed by atoms with Crippen molar-refractivity contribution in [3.05, 3.63) is 42.9 Å². The fourth-order valence-electron chi connectivity index (χ4n) is 4.82. The first-order valence-electron chi connectivity index (χ1n) is 11.1. The number of hydrogen-bond acceptors (Lipinski definition) is 5. The summed E-state index contributed by atoms with van der Waals surface area (Å²) in [7, 11) is 1.84. The molecule has 8 heteroatoms. The quantitative estimate of drug-likeness (QED) is 0.662. The zero-order valence-electron chi connectivity index (χ0n) is 17.9. The highest BCUT2D eigenvalue weighted by atomic mass is 16.2. The van der Waals surface area contributed by atoms with Crippen LogP contribution in [0.15, 0.2) is 42.9 Å². The second-order valence-electron chi connectivity index (χ2n) is 8.37. The van der Waals surface area contributed by atoms with Crippen LogP contribution in [0.25, 0.3) is 16.9 Å². The van der Waals surface area contributed by atoms with Gasteiger partial charge in [0.1, 0.15) is 0 Å². The Kier molecular flexibility index (Phi) is 5.46.